The third-order valence-corrected chi connectivity index (χ3v) is 6.95. The highest BCUT2D eigenvalue weighted by Gasteiger charge is 2.32. The lowest BCUT2D eigenvalue weighted by Gasteiger charge is -2.15. The Morgan fingerprint density at radius 2 is 1.91 bits per heavy atom. The minimum atomic E-state index is -0.245. The van der Waals surface area contributed by atoms with Gasteiger partial charge in [0.05, 0.1) is 24.7 Å². The maximum Gasteiger partial charge on any atom is 0.267 e. The summed E-state index contributed by atoms with van der Waals surface area (Å²) in [5, 5.41) is 3.14. The Bertz CT molecular complexity index is 1400. The van der Waals surface area contributed by atoms with Crippen molar-refractivity contribution in [1.29, 1.82) is 0 Å². The minimum Gasteiger partial charge on any atom is -0.493 e. The number of thioether (sulfide) groups is 1. The highest BCUT2D eigenvalue weighted by molar-refractivity contribution is 8.26. The zero-order valence-electron chi connectivity index (χ0n) is 20.0. The SMILES string of the molecule is CCNc1nc2ccc(C)cn2c(=O)c1/C=C1/SC(=S)N(CCc2ccc(OC)c(OC)c2)C1=O. The molecule has 0 unspecified atom stereocenters. The second-order valence-corrected chi connectivity index (χ2v) is 9.59. The van der Waals surface area contributed by atoms with E-state index >= 15 is 0 Å². The molecular weight excluding hydrogens is 484 g/mol. The highest BCUT2D eigenvalue weighted by atomic mass is 32.2. The van der Waals surface area contributed by atoms with Crippen molar-refractivity contribution in [3.05, 3.63) is 68.5 Å². The van der Waals surface area contributed by atoms with Gasteiger partial charge in [0.1, 0.15) is 15.8 Å². The molecule has 10 heteroatoms. The molecule has 2 aromatic heterocycles. The summed E-state index contributed by atoms with van der Waals surface area (Å²) in [6.45, 7) is 4.83. The predicted molar refractivity (Wildman–Crippen MR) is 143 cm³/mol. The van der Waals surface area contributed by atoms with E-state index in [0.717, 1.165) is 11.1 Å². The molecule has 35 heavy (non-hydrogen) atoms. The number of fused-ring (bicyclic) bond motifs is 1. The molecule has 1 N–H and O–H groups in total. The van der Waals surface area contributed by atoms with E-state index in [9.17, 15) is 9.59 Å². The number of amides is 1. The number of nitrogens with zero attached hydrogens (tertiary/aromatic N) is 3. The van der Waals surface area contributed by atoms with E-state index in [1.807, 2.05) is 38.1 Å². The standard InChI is InChI=1S/C25H26N4O4S2/c1-5-26-22-17(23(30)29-14-15(2)6-9-21(29)27-22)13-20-24(31)28(25(34)35-20)11-10-16-7-8-18(32-3)19(12-16)33-4/h6-9,12-14,26H,5,10-11H2,1-4H3/b20-13+. The first-order valence-corrected chi connectivity index (χ1v) is 12.3. The van der Waals surface area contributed by atoms with Crippen molar-refractivity contribution >= 4 is 51.7 Å². The summed E-state index contributed by atoms with van der Waals surface area (Å²) in [6, 6.07) is 9.36. The number of hydrogen-bond donors (Lipinski definition) is 1. The molecule has 8 nitrogen and oxygen atoms in total. The molecule has 1 saturated heterocycles. The van der Waals surface area contributed by atoms with Crippen molar-refractivity contribution in [2.75, 3.05) is 32.6 Å². The molecule has 1 aromatic carbocycles. The largest absolute Gasteiger partial charge is 0.493 e. The van der Waals surface area contributed by atoms with Gasteiger partial charge in [-0.3, -0.25) is 18.9 Å². The van der Waals surface area contributed by atoms with Crippen molar-refractivity contribution in [2.24, 2.45) is 0 Å². The molecule has 3 heterocycles. The van der Waals surface area contributed by atoms with Gasteiger partial charge in [-0.1, -0.05) is 36.1 Å². The highest BCUT2D eigenvalue weighted by Crippen LogP contribution is 2.34. The molecule has 4 rings (SSSR count). The molecule has 0 spiro atoms. The summed E-state index contributed by atoms with van der Waals surface area (Å²) >= 11 is 6.68. The summed E-state index contributed by atoms with van der Waals surface area (Å²) < 4.78 is 12.6. The number of nitrogens with one attached hydrogen (secondary N) is 1. The van der Waals surface area contributed by atoms with Crippen LogP contribution in [0.4, 0.5) is 5.82 Å². The van der Waals surface area contributed by atoms with Gasteiger partial charge in [-0.2, -0.15) is 0 Å². The van der Waals surface area contributed by atoms with Crippen molar-refractivity contribution in [1.82, 2.24) is 14.3 Å². The fourth-order valence-electron chi connectivity index (χ4n) is 3.79. The normalized spacial score (nSPS) is 14.7. The van der Waals surface area contributed by atoms with Gasteiger partial charge in [0.25, 0.3) is 11.5 Å². The number of pyridine rings is 1. The fourth-order valence-corrected chi connectivity index (χ4v) is 5.08. The lowest BCUT2D eigenvalue weighted by Crippen LogP contribution is -2.30. The lowest BCUT2D eigenvalue weighted by molar-refractivity contribution is -0.122. The van der Waals surface area contributed by atoms with Crippen LogP contribution in [-0.4, -0.2) is 51.8 Å². The maximum absolute atomic E-state index is 13.3. The number of methoxy groups -OCH3 is 2. The van der Waals surface area contributed by atoms with Crippen molar-refractivity contribution in [3.8, 4) is 11.5 Å². The number of aryl methyl sites for hydroxylation is 1. The summed E-state index contributed by atoms with van der Waals surface area (Å²) in [7, 11) is 3.17. The number of anilines is 1. The van der Waals surface area contributed by atoms with E-state index < -0.39 is 0 Å². The van der Waals surface area contributed by atoms with Crippen LogP contribution in [-0.2, 0) is 11.2 Å². The zero-order chi connectivity index (χ0) is 25.1. The summed E-state index contributed by atoms with van der Waals surface area (Å²) in [5.74, 6) is 1.49. The summed E-state index contributed by atoms with van der Waals surface area (Å²) in [5.41, 5.74) is 2.55. The molecule has 0 bridgehead atoms. The molecule has 1 fully saturated rings. The number of carbonyl (C=O) groups is 1. The Kier molecular flexibility index (Phi) is 7.42. The number of ether oxygens (including phenoxy) is 2. The van der Waals surface area contributed by atoms with Crippen LogP contribution in [0.5, 0.6) is 11.5 Å². The Hall–Kier alpha value is -3.37. The van der Waals surface area contributed by atoms with Gasteiger partial charge in [0, 0.05) is 19.3 Å². The monoisotopic (exact) mass is 510 g/mol. The third-order valence-electron chi connectivity index (χ3n) is 5.57. The Morgan fingerprint density at radius 1 is 1.14 bits per heavy atom. The number of carbonyl (C=O) groups excluding carboxylic acids is 1. The molecule has 1 aliphatic rings. The van der Waals surface area contributed by atoms with E-state index in [1.54, 1.807) is 37.5 Å². The van der Waals surface area contributed by atoms with Crippen LogP contribution >= 0.6 is 24.0 Å². The van der Waals surface area contributed by atoms with E-state index in [4.69, 9.17) is 21.7 Å². The molecule has 1 amide bonds. The first kappa shape index (κ1) is 24.7. The molecule has 0 aliphatic carbocycles. The average molecular weight is 511 g/mol. The third kappa shape index (κ3) is 5.03. The number of aromatic nitrogens is 2. The van der Waals surface area contributed by atoms with Gasteiger partial charge in [0.2, 0.25) is 0 Å². The van der Waals surface area contributed by atoms with Crippen LogP contribution in [0.1, 0.15) is 23.6 Å². The van der Waals surface area contributed by atoms with Crippen LogP contribution in [0.3, 0.4) is 0 Å². The molecule has 0 atom stereocenters. The number of hydrogen-bond acceptors (Lipinski definition) is 8. The summed E-state index contributed by atoms with van der Waals surface area (Å²) in [4.78, 5) is 33.1. The second-order valence-electron chi connectivity index (χ2n) is 7.92. The van der Waals surface area contributed by atoms with Gasteiger partial charge in [0.15, 0.2) is 11.5 Å². The van der Waals surface area contributed by atoms with Crippen LogP contribution in [0.15, 0.2) is 46.2 Å². The van der Waals surface area contributed by atoms with Crippen LogP contribution in [0, 0.1) is 6.92 Å². The molecule has 0 saturated carbocycles. The Morgan fingerprint density at radius 3 is 2.63 bits per heavy atom. The quantitative estimate of drug-likeness (QED) is 0.361. The molecule has 1 aliphatic heterocycles. The van der Waals surface area contributed by atoms with E-state index in [1.165, 1.54) is 16.2 Å². The lowest BCUT2D eigenvalue weighted by atomic mass is 10.1. The minimum absolute atomic E-state index is 0.225. The van der Waals surface area contributed by atoms with Crippen LogP contribution < -0.4 is 20.3 Å². The van der Waals surface area contributed by atoms with Gasteiger partial charge in [-0.25, -0.2) is 4.98 Å². The zero-order valence-corrected chi connectivity index (χ0v) is 21.6. The van der Waals surface area contributed by atoms with Crippen LogP contribution in [0.2, 0.25) is 0 Å². The number of rotatable bonds is 8. The predicted octanol–water partition coefficient (Wildman–Crippen LogP) is 3.90. The Labute approximate surface area is 212 Å². The van der Waals surface area contributed by atoms with Gasteiger partial charge >= 0.3 is 0 Å². The van der Waals surface area contributed by atoms with Crippen molar-refractivity contribution in [2.45, 2.75) is 20.3 Å². The fraction of sp³-hybridized carbons (Fsp3) is 0.280. The molecule has 3 aromatic rings. The smallest absolute Gasteiger partial charge is 0.267 e. The van der Waals surface area contributed by atoms with E-state index in [-0.39, 0.29) is 11.5 Å². The average Bonchev–Trinajstić information content (AvgIpc) is 3.12. The van der Waals surface area contributed by atoms with Gasteiger partial charge in [-0.05, 0) is 55.7 Å². The summed E-state index contributed by atoms with van der Waals surface area (Å²) in [6.07, 6.45) is 3.92. The van der Waals surface area contributed by atoms with Crippen molar-refractivity contribution in [3.63, 3.8) is 0 Å². The molecule has 182 valence electrons. The number of benzene rings is 1. The topological polar surface area (TPSA) is 85.2 Å². The van der Waals surface area contributed by atoms with Gasteiger partial charge in [-0.15, -0.1) is 0 Å². The first-order valence-electron chi connectivity index (χ1n) is 11.1. The van der Waals surface area contributed by atoms with E-state index in [2.05, 4.69) is 10.3 Å². The van der Waals surface area contributed by atoms with Crippen molar-refractivity contribution < 1.29 is 14.3 Å². The Balaban J connectivity index is 1.62. The maximum atomic E-state index is 13.3. The second kappa shape index (κ2) is 10.5. The van der Waals surface area contributed by atoms with Gasteiger partial charge < -0.3 is 14.8 Å². The molecule has 0 radical (unpaired) electrons. The molecular formula is C25H26N4O4S2. The first-order chi connectivity index (χ1) is 16.9. The van der Waals surface area contributed by atoms with Crippen LogP contribution in [0.25, 0.3) is 11.7 Å². The van der Waals surface area contributed by atoms with E-state index in [0.29, 0.717) is 57.3 Å². The number of thiocarbonyl (C=S) groups is 1.